The van der Waals surface area contributed by atoms with Crippen LogP contribution in [0.3, 0.4) is 0 Å². The average Bonchev–Trinajstić information content (AvgIpc) is 2.41. The van der Waals surface area contributed by atoms with Crippen molar-refractivity contribution >= 4 is 0 Å². The zero-order chi connectivity index (χ0) is 9.90. The molecule has 0 heterocycles. The molecule has 0 aliphatic heterocycles. The molecule has 0 aromatic carbocycles. The van der Waals surface area contributed by atoms with Crippen molar-refractivity contribution < 1.29 is 9.50 Å². The average molecular weight is 189 g/mol. The van der Waals surface area contributed by atoms with E-state index in [1.165, 1.54) is 12.8 Å². The second kappa shape index (κ2) is 4.38. The van der Waals surface area contributed by atoms with Gasteiger partial charge in [0.25, 0.3) is 0 Å². The zero-order valence-corrected chi connectivity index (χ0v) is 8.52. The van der Waals surface area contributed by atoms with Crippen LogP contribution in [0.2, 0.25) is 0 Å². The molecule has 0 aromatic heterocycles. The van der Waals surface area contributed by atoms with Crippen molar-refractivity contribution in [3.63, 3.8) is 0 Å². The molecule has 78 valence electrons. The number of aliphatic hydroxyl groups is 1. The van der Waals surface area contributed by atoms with Gasteiger partial charge < -0.3 is 10.4 Å². The molecule has 2 atom stereocenters. The van der Waals surface area contributed by atoms with Gasteiger partial charge in [0.05, 0.1) is 6.10 Å². The minimum absolute atomic E-state index is 0.302. The highest BCUT2D eigenvalue weighted by Gasteiger charge is 2.33. The van der Waals surface area contributed by atoms with Crippen molar-refractivity contribution in [3.05, 3.63) is 0 Å². The van der Waals surface area contributed by atoms with E-state index in [-0.39, 0.29) is 0 Å². The molecule has 0 bridgehead atoms. The van der Waals surface area contributed by atoms with Gasteiger partial charge in [-0.15, -0.1) is 0 Å². The second-order valence-electron chi connectivity index (χ2n) is 4.65. The molecule has 1 rings (SSSR count). The van der Waals surface area contributed by atoms with Crippen LogP contribution in [0, 0.1) is 5.41 Å². The number of alkyl halides is 1. The summed E-state index contributed by atoms with van der Waals surface area (Å²) in [7, 11) is 0. The van der Waals surface area contributed by atoms with Crippen molar-refractivity contribution in [1.82, 2.24) is 5.32 Å². The zero-order valence-electron chi connectivity index (χ0n) is 8.52. The molecular weight excluding hydrogens is 169 g/mol. The molecule has 0 amide bonds. The summed E-state index contributed by atoms with van der Waals surface area (Å²) in [4.78, 5) is 0. The quantitative estimate of drug-likeness (QED) is 0.702. The third-order valence-corrected chi connectivity index (χ3v) is 3.04. The summed E-state index contributed by atoms with van der Waals surface area (Å²) in [6.07, 6.45) is 2.76. The first-order chi connectivity index (χ1) is 6.06. The smallest absolute Gasteiger partial charge is 0.117 e. The summed E-state index contributed by atoms with van der Waals surface area (Å²) in [5.41, 5.74) is 0.302. The highest BCUT2D eigenvalue weighted by Crippen LogP contribution is 2.36. The third kappa shape index (κ3) is 2.92. The molecule has 1 aliphatic carbocycles. The number of halogens is 1. The lowest BCUT2D eigenvalue weighted by Crippen LogP contribution is -2.42. The molecule has 0 radical (unpaired) electrons. The minimum Gasteiger partial charge on any atom is -0.389 e. The van der Waals surface area contributed by atoms with E-state index in [0.717, 1.165) is 6.42 Å². The number of hydrogen-bond acceptors (Lipinski definition) is 2. The van der Waals surface area contributed by atoms with Crippen LogP contribution in [-0.2, 0) is 0 Å². The normalized spacial score (nSPS) is 29.1. The fraction of sp³-hybridized carbons (Fsp3) is 1.00. The van der Waals surface area contributed by atoms with Crippen LogP contribution in [0.5, 0.6) is 0 Å². The van der Waals surface area contributed by atoms with Crippen molar-refractivity contribution in [3.8, 4) is 0 Å². The highest BCUT2D eigenvalue weighted by atomic mass is 19.1. The lowest BCUT2D eigenvalue weighted by molar-refractivity contribution is 0.127. The Kier molecular flexibility index (Phi) is 3.68. The summed E-state index contributed by atoms with van der Waals surface area (Å²) >= 11 is 0. The molecule has 2 N–H and O–H groups in total. The summed E-state index contributed by atoms with van der Waals surface area (Å²) in [6, 6.07) is 0.439. The Labute approximate surface area is 79.5 Å². The Morgan fingerprint density at radius 1 is 1.62 bits per heavy atom. The first-order valence-corrected chi connectivity index (χ1v) is 5.03. The van der Waals surface area contributed by atoms with Gasteiger partial charge in [0.2, 0.25) is 0 Å². The monoisotopic (exact) mass is 189 g/mol. The van der Waals surface area contributed by atoms with Gasteiger partial charge in [0, 0.05) is 12.6 Å². The van der Waals surface area contributed by atoms with Crippen LogP contribution in [-0.4, -0.2) is 30.5 Å². The van der Waals surface area contributed by atoms with Crippen molar-refractivity contribution in [2.75, 3.05) is 13.2 Å². The van der Waals surface area contributed by atoms with E-state index in [1.54, 1.807) is 0 Å². The van der Waals surface area contributed by atoms with Gasteiger partial charge in [0.1, 0.15) is 6.67 Å². The molecule has 0 spiro atoms. The molecule has 2 unspecified atom stereocenters. The Balaban J connectivity index is 2.28. The fourth-order valence-corrected chi connectivity index (χ4v) is 2.04. The molecule has 1 aliphatic rings. The Morgan fingerprint density at radius 2 is 2.31 bits per heavy atom. The summed E-state index contributed by atoms with van der Waals surface area (Å²) < 4.78 is 12.0. The van der Waals surface area contributed by atoms with Crippen LogP contribution in [0.1, 0.15) is 33.1 Å². The lowest BCUT2D eigenvalue weighted by atomic mass is 9.87. The minimum atomic E-state index is -0.837. The van der Waals surface area contributed by atoms with Gasteiger partial charge in [-0.05, 0) is 18.3 Å². The van der Waals surface area contributed by atoms with Crippen LogP contribution >= 0.6 is 0 Å². The Morgan fingerprint density at radius 3 is 2.77 bits per heavy atom. The van der Waals surface area contributed by atoms with Crippen molar-refractivity contribution in [2.24, 2.45) is 5.41 Å². The molecular formula is C10H20FNO. The number of hydrogen-bond donors (Lipinski definition) is 2. The molecule has 13 heavy (non-hydrogen) atoms. The van der Waals surface area contributed by atoms with E-state index in [9.17, 15) is 4.39 Å². The fourth-order valence-electron chi connectivity index (χ4n) is 2.04. The number of aliphatic hydroxyl groups excluding tert-OH is 1. The van der Waals surface area contributed by atoms with Crippen LogP contribution < -0.4 is 5.32 Å². The molecule has 1 saturated carbocycles. The molecule has 3 heteroatoms. The summed E-state index contributed by atoms with van der Waals surface area (Å²) in [6.45, 7) is 4.17. The van der Waals surface area contributed by atoms with Crippen molar-refractivity contribution in [2.45, 2.75) is 45.3 Å². The van der Waals surface area contributed by atoms with Crippen molar-refractivity contribution in [1.29, 1.82) is 0 Å². The van der Waals surface area contributed by atoms with E-state index in [0.29, 0.717) is 18.0 Å². The van der Waals surface area contributed by atoms with Gasteiger partial charge in [-0.1, -0.05) is 20.3 Å². The van der Waals surface area contributed by atoms with Gasteiger partial charge in [-0.2, -0.15) is 0 Å². The Bertz CT molecular complexity index is 161. The van der Waals surface area contributed by atoms with Gasteiger partial charge in [-0.25, -0.2) is 4.39 Å². The SMILES string of the molecule is CC1(C)CCCC1NCC(O)CF. The molecule has 2 nitrogen and oxygen atoms in total. The number of rotatable bonds is 4. The van der Waals surface area contributed by atoms with Gasteiger partial charge in [0.15, 0.2) is 0 Å². The molecule has 1 fully saturated rings. The number of nitrogens with one attached hydrogen (secondary N) is 1. The predicted molar refractivity (Wildman–Crippen MR) is 51.4 cm³/mol. The first-order valence-electron chi connectivity index (χ1n) is 5.03. The Hall–Kier alpha value is -0.150. The van der Waals surface area contributed by atoms with E-state index < -0.39 is 12.8 Å². The third-order valence-electron chi connectivity index (χ3n) is 3.04. The second-order valence-corrected chi connectivity index (χ2v) is 4.65. The highest BCUT2D eigenvalue weighted by molar-refractivity contribution is 4.90. The standard InChI is InChI=1S/C10H20FNO/c1-10(2)5-3-4-9(10)12-7-8(13)6-11/h8-9,12-13H,3-7H2,1-2H3. The first kappa shape index (κ1) is 10.9. The topological polar surface area (TPSA) is 32.3 Å². The molecule has 0 aromatic rings. The maximum absolute atomic E-state index is 12.0. The van der Waals surface area contributed by atoms with Crippen LogP contribution in [0.15, 0.2) is 0 Å². The largest absolute Gasteiger partial charge is 0.389 e. The van der Waals surface area contributed by atoms with E-state index in [1.807, 2.05) is 0 Å². The van der Waals surface area contributed by atoms with Crippen LogP contribution in [0.4, 0.5) is 4.39 Å². The predicted octanol–water partition coefficient (Wildman–Crippen LogP) is 1.49. The maximum atomic E-state index is 12.0. The molecule has 0 saturated heterocycles. The van der Waals surface area contributed by atoms with E-state index in [2.05, 4.69) is 19.2 Å². The summed E-state index contributed by atoms with van der Waals surface area (Å²) in [5.74, 6) is 0. The van der Waals surface area contributed by atoms with Gasteiger partial charge >= 0.3 is 0 Å². The van der Waals surface area contributed by atoms with E-state index in [4.69, 9.17) is 5.11 Å². The summed E-state index contributed by atoms with van der Waals surface area (Å²) in [5, 5.41) is 12.3. The van der Waals surface area contributed by atoms with Gasteiger partial charge in [-0.3, -0.25) is 0 Å². The lowest BCUT2D eigenvalue weighted by Gasteiger charge is -2.28. The van der Waals surface area contributed by atoms with Crippen LogP contribution in [0.25, 0.3) is 0 Å². The maximum Gasteiger partial charge on any atom is 0.117 e. The van der Waals surface area contributed by atoms with E-state index >= 15 is 0 Å².